The molecule has 0 radical (unpaired) electrons. The molecule has 0 bridgehead atoms. The Morgan fingerprint density at radius 2 is 2.28 bits per heavy atom. The van der Waals surface area contributed by atoms with Gasteiger partial charge in [0.2, 0.25) is 0 Å². The fraction of sp³-hybridized carbons (Fsp3) is 0.615. The lowest BCUT2D eigenvalue weighted by Crippen LogP contribution is -2.44. The van der Waals surface area contributed by atoms with Crippen LogP contribution in [0.5, 0.6) is 0 Å². The standard InChI is InChI=1S/C13H16N2O3/c1-15-6-9-4-10(16)3-8(5-14)12(9)11(7-15)13(17)18-2/h7-9,12H,3-4,6H2,1-2H3/t8-,9+,12+/m0/s1. The first-order valence-corrected chi connectivity index (χ1v) is 5.98. The topological polar surface area (TPSA) is 70.4 Å². The number of nitriles is 1. The zero-order valence-corrected chi connectivity index (χ0v) is 10.5. The van der Waals surface area contributed by atoms with Crippen molar-refractivity contribution in [2.45, 2.75) is 12.8 Å². The van der Waals surface area contributed by atoms with Crippen molar-refractivity contribution in [1.82, 2.24) is 4.90 Å². The summed E-state index contributed by atoms with van der Waals surface area (Å²) < 4.78 is 4.78. The minimum Gasteiger partial charge on any atom is -0.466 e. The van der Waals surface area contributed by atoms with Crippen LogP contribution in [0.25, 0.3) is 0 Å². The SMILES string of the molecule is COC(=O)C1=CN(C)C[C@H]2CC(=O)C[C@@H](C#N)[C@@H]12. The number of carbonyl (C=O) groups excluding carboxylic acids is 2. The van der Waals surface area contributed by atoms with Gasteiger partial charge in [-0.1, -0.05) is 0 Å². The van der Waals surface area contributed by atoms with Gasteiger partial charge in [-0.05, 0) is 5.92 Å². The number of rotatable bonds is 1. The molecular weight excluding hydrogens is 232 g/mol. The summed E-state index contributed by atoms with van der Waals surface area (Å²) in [5, 5.41) is 9.19. The molecule has 1 fully saturated rings. The zero-order valence-electron chi connectivity index (χ0n) is 10.5. The number of fused-ring (bicyclic) bond motifs is 1. The first kappa shape index (κ1) is 12.6. The number of ketones is 1. The quantitative estimate of drug-likeness (QED) is 0.639. The monoisotopic (exact) mass is 248 g/mol. The molecule has 2 rings (SSSR count). The van der Waals surface area contributed by atoms with E-state index in [1.54, 1.807) is 6.20 Å². The Balaban J connectivity index is 2.37. The van der Waals surface area contributed by atoms with E-state index >= 15 is 0 Å². The van der Waals surface area contributed by atoms with Gasteiger partial charge in [-0.25, -0.2) is 4.79 Å². The molecular formula is C13H16N2O3. The van der Waals surface area contributed by atoms with Crippen molar-refractivity contribution >= 4 is 11.8 Å². The molecule has 0 aromatic rings. The molecule has 1 aliphatic carbocycles. The molecule has 5 heteroatoms. The number of methoxy groups -OCH3 is 1. The molecule has 1 aliphatic heterocycles. The highest BCUT2D eigenvalue weighted by atomic mass is 16.5. The molecule has 0 unspecified atom stereocenters. The molecule has 2 aliphatic rings. The molecule has 0 aromatic carbocycles. The van der Waals surface area contributed by atoms with Gasteiger partial charge in [0.1, 0.15) is 5.78 Å². The van der Waals surface area contributed by atoms with Gasteiger partial charge >= 0.3 is 5.97 Å². The van der Waals surface area contributed by atoms with Crippen molar-refractivity contribution in [3.63, 3.8) is 0 Å². The van der Waals surface area contributed by atoms with Crippen molar-refractivity contribution in [2.24, 2.45) is 17.8 Å². The van der Waals surface area contributed by atoms with Crippen LogP contribution in [-0.4, -0.2) is 37.4 Å². The Kier molecular flexibility index (Phi) is 3.37. The second kappa shape index (κ2) is 4.81. The molecule has 3 atom stereocenters. The first-order chi connectivity index (χ1) is 8.56. The molecule has 0 amide bonds. The number of hydrogen-bond acceptors (Lipinski definition) is 5. The molecule has 1 saturated carbocycles. The minimum atomic E-state index is -0.407. The Morgan fingerprint density at radius 3 is 2.89 bits per heavy atom. The van der Waals surface area contributed by atoms with Crippen molar-refractivity contribution < 1.29 is 14.3 Å². The number of esters is 1. The van der Waals surface area contributed by atoms with E-state index in [-0.39, 0.29) is 24.0 Å². The molecule has 0 aromatic heterocycles. The van der Waals surface area contributed by atoms with E-state index in [2.05, 4.69) is 6.07 Å². The summed E-state index contributed by atoms with van der Waals surface area (Å²) >= 11 is 0. The van der Waals surface area contributed by atoms with Crippen molar-refractivity contribution in [1.29, 1.82) is 5.26 Å². The predicted octanol–water partition coefficient (Wildman–Crippen LogP) is 0.724. The van der Waals surface area contributed by atoms with Crippen molar-refractivity contribution in [3.8, 4) is 6.07 Å². The van der Waals surface area contributed by atoms with Gasteiger partial charge in [0, 0.05) is 38.6 Å². The van der Waals surface area contributed by atoms with E-state index in [1.165, 1.54) is 7.11 Å². The normalized spacial score (nSPS) is 31.2. The maximum atomic E-state index is 11.8. The average Bonchev–Trinajstić information content (AvgIpc) is 2.35. The van der Waals surface area contributed by atoms with Crippen LogP contribution in [-0.2, 0) is 14.3 Å². The van der Waals surface area contributed by atoms with E-state index in [0.29, 0.717) is 18.5 Å². The lowest BCUT2D eigenvalue weighted by molar-refractivity contribution is -0.138. The van der Waals surface area contributed by atoms with E-state index in [0.717, 1.165) is 0 Å². The second-order valence-electron chi connectivity index (χ2n) is 4.98. The maximum absolute atomic E-state index is 11.8. The summed E-state index contributed by atoms with van der Waals surface area (Å²) in [5.41, 5.74) is 0.523. The molecule has 96 valence electrons. The molecule has 18 heavy (non-hydrogen) atoms. The van der Waals surface area contributed by atoms with Crippen LogP contribution in [0.3, 0.4) is 0 Å². The van der Waals surface area contributed by atoms with Crippen LogP contribution >= 0.6 is 0 Å². The molecule has 0 N–H and O–H groups in total. The first-order valence-electron chi connectivity index (χ1n) is 5.98. The maximum Gasteiger partial charge on any atom is 0.335 e. The van der Waals surface area contributed by atoms with Crippen molar-refractivity contribution in [2.75, 3.05) is 20.7 Å². The number of ether oxygens (including phenoxy) is 1. The fourth-order valence-corrected chi connectivity index (χ4v) is 3.03. The fourth-order valence-electron chi connectivity index (χ4n) is 3.03. The summed E-state index contributed by atoms with van der Waals surface area (Å²) in [4.78, 5) is 25.3. The Labute approximate surface area is 106 Å². The van der Waals surface area contributed by atoms with Crippen LogP contribution in [0.1, 0.15) is 12.8 Å². The van der Waals surface area contributed by atoms with Gasteiger partial charge in [-0.2, -0.15) is 5.26 Å². The van der Waals surface area contributed by atoms with Gasteiger partial charge in [-0.15, -0.1) is 0 Å². The highest BCUT2D eigenvalue weighted by Crippen LogP contribution is 2.41. The zero-order chi connectivity index (χ0) is 13.3. The summed E-state index contributed by atoms with van der Waals surface area (Å²) in [5.74, 6) is -0.819. The number of hydrogen-bond donors (Lipinski definition) is 0. The van der Waals surface area contributed by atoms with E-state index in [1.807, 2.05) is 11.9 Å². The number of nitrogens with zero attached hydrogens (tertiary/aromatic N) is 2. The minimum absolute atomic E-state index is 0.0417. The predicted molar refractivity (Wildman–Crippen MR) is 63.1 cm³/mol. The summed E-state index contributed by atoms with van der Waals surface area (Å²) in [6.07, 6.45) is 2.43. The number of carbonyl (C=O) groups is 2. The van der Waals surface area contributed by atoms with Gasteiger partial charge < -0.3 is 9.64 Å². The third-order valence-corrected chi connectivity index (χ3v) is 3.71. The summed E-state index contributed by atoms with van der Waals surface area (Å²) in [6, 6.07) is 2.17. The van der Waals surface area contributed by atoms with Crippen LogP contribution in [0.15, 0.2) is 11.8 Å². The molecule has 0 saturated heterocycles. The van der Waals surface area contributed by atoms with Gasteiger partial charge in [0.05, 0.1) is 24.7 Å². The van der Waals surface area contributed by atoms with Gasteiger partial charge in [-0.3, -0.25) is 4.79 Å². The van der Waals surface area contributed by atoms with Crippen LogP contribution in [0.4, 0.5) is 0 Å². The molecule has 5 nitrogen and oxygen atoms in total. The van der Waals surface area contributed by atoms with Gasteiger partial charge in [0.15, 0.2) is 0 Å². The highest BCUT2D eigenvalue weighted by molar-refractivity contribution is 5.90. The summed E-state index contributed by atoms with van der Waals surface area (Å²) in [6.45, 7) is 0.703. The Bertz CT molecular complexity index is 450. The van der Waals surface area contributed by atoms with Crippen LogP contribution < -0.4 is 0 Å². The largest absolute Gasteiger partial charge is 0.466 e. The third-order valence-electron chi connectivity index (χ3n) is 3.71. The Morgan fingerprint density at radius 1 is 1.56 bits per heavy atom. The molecule has 1 heterocycles. The van der Waals surface area contributed by atoms with E-state index in [9.17, 15) is 14.9 Å². The van der Waals surface area contributed by atoms with Gasteiger partial charge in [0.25, 0.3) is 0 Å². The highest BCUT2D eigenvalue weighted by Gasteiger charge is 2.44. The number of Topliss-reactive ketones (excluding diaryl/α,β-unsaturated/α-hetero) is 1. The smallest absolute Gasteiger partial charge is 0.335 e. The third kappa shape index (κ3) is 2.10. The lowest BCUT2D eigenvalue weighted by atomic mass is 9.67. The van der Waals surface area contributed by atoms with Crippen molar-refractivity contribution in [3.05, 3.63) is 11.8 Å². The summed E-state index contributed by atoms with van der Waals surface area (Å²) in [7, 11) is 3.20. The average molecular weight is 248 g/mol. The Hall–Kier alpha value is -1.83. The van der Waals surface area contributed by atoms with E-state index in [4.69, 9.17) is 4.74 Å². The second-order valence-corrected chi connectivity index (χ2v) is 4.98. The molecule has 0 spiro atoms. The van der Waals surface area contributed by atoms with Crippen LogP contribution in [0.2, 0.25) is 0 Å². The lowest BCUT2D eigenvalue weighted by Gasteiger charge is -2.40. The van der Waals surface area contributed by atoms with Crippen LogP contribution in [0, 0.1) is 29.1 Å². The van der Waals surface area contributed by atoms with E-state index < -0.39 is 11.9 Å².